The standard InChI is InChI=1S/C18H22F12O4.C17H26F6O3.C17H28O2/c1-4-12(2,3)11(31)34-10-6-8(13(32,15(19,20)21)16(22,23)24)5-9(7-10)14(33,17(25,26)27)18(28,29)30;1-4-14(2,3)13(24)26-12(11-8-6-5-7-9-11)10-15(25,16(18,19)20)17(21,22)23;1-5-16(2,3)15(18)19-17(4)13-7-11-6-12(9-13)10-14(17)8-11/h8-10,32-33H,4-7H2,1-3H3;11-12,25H,4-10H2,1-3H3;11-14H,5-10H2,1-4H3. The predicted octanol–water partition coefficient (Wildman–Crippen LogP) is 14.8. The van der Waals surface area contributed by atoms with Crippen molar-refractivity contribution in [3.8, 4) is 0 Å². The molecule has 0 aromatic rings. The third-order valence-corrected chi connectivity index (χ3v) is 18.1. The molecule has 6 aliphatic carbocycles. The van der Waals surface area contributed by atoms with Crippen LogP contribution in [0.5, 0.6) is 0 Å². The molecule has 0 saturated heterocycles. The molecule has 6 rings (SSSR count). The molecule has 3 atom stereocenters. The monoisotopic (exact) mass is 1190 g/mol. The SMILES string of the molecule is CCC(C)(C)C(=O)OC(CC(O)(C(F)(F)F)C(F)(F)F)C1CCCCC1.CCC(C)(C)C(=O)OC1(C)C2CC3CC(C2)CC1C3.CCC(C)(C)C(=O)OC1CC(C(O)(C(F)(F)F)C(F)(F)F)CC(C(O)(C(F)(F)F)C(F)(F)F)C1. The van der Waals surface area contributed by atoms with Gasteiger partial charge in [-0.3, -0.25) is 14.4 Å². The second kappa shape index (κ2) is 24.0. The molecule has 0 radical (unpaired) electrons. The minimum atomic E-state index is -6.58. The minimum absolute atomic E-state index is 0.0184. The van der Waals surface area contributed by atoms with E-state index < -0.39 is 132 Å². The van der Waals surface area contributed by atoms with Gasteiger partial charge in [0.05, 0.1) is 16.2 Å². The van der Waals surface area contributed by atoms with Gasteiger partial charge in [-0.05, 0) is 162 Å². The fourth-order valence-electron chi connectivity index (χ4n) is 11.5. The van der Waals surface area contributed by atoms with Gasteiger partial charge >= 0.3 is 55.0 Å². The molecule has 464 valence electrons. The number of carbonyl (C=O) groups is 3. The van der Waals surface area contributed by atoms with Crippen molar-refractivity contribution in [1.82, 2.24) is 0 Å². The minimum Gasteiger partial charge on any atom is -0.462 e. The first-order chi connectivity index (χ1) is 35.3. The largest absolute Gasteiger partial charge is 0.462 e. The van der Waals surface area contributed by atoms with E-state index in [-0.39, 0.29) is 23.4 Å². The van der Waals surface area contributed by atoms with E-state index in [0.29, 0.717) is 43.9 Å². The molecular formula is C52H76F18O9. The van der Waals surface area contributed by atoms with Crippen molar-refractivity contribution in [2.75, 3.05) is 0 Å². The number of hydrogen-bond acceptors (Lipinski definition) is 9. The Labute approximate surface area is 448 Å². The number of aliphatic hydroxyl groups is 3. The summed E-state index contributed by atoms with van der Waals surface area (Å²) in [7, 11) is 0. The molecule has 27 heteroatoms. The summed E-state index contributed by atoms with van der Waals surface area (Å²) in [5, 5.41) is 28.8. The number of hydrogen-bond donors (Lipinski definition) is 3. The van der Waals surface area contributed by atoms with Crippen molar-refractivity contribution in [3.63, 3.8) is 0 Å². The van der Waals surface area contributed by atoms with Gasteiger partial charge in [-0.15, -0.1) is 0 Å². The first kappa shape index (κ1) is 70.3. The van der Waals surface area contributed by atoms with Gasteiger partial charge in [0, 0.05) is 18.3 Å². The highest BCUT2D eigenvalue weighted by Crippen LogP contribution is 2.61. The van der Waals surface area contributed by atoms with Crippen LogP contribution in [0.4, 0.5) is 79.0 Å². The van der Waals surface area contributed by atoms with Crippen LogP contribution in [0.2, 0.25) is 0 Å². The summed E-state index contributed by atoms with van der Waals surface area (Å²) in [5.74, 6) is -6.44. The summed E-state index contributed by atoms with van der Waals surface area (Å²) < 4.78 is 254. The molecule has 0 aromatic carbocycles. The van der Waals surface area contributed by atoms with Crippen molar-refractivity contribution in [1.29, 1.82) is 0 Å². The number of alkyl halides is 18. The molecular weight excluding hydrogens is 1110 g/mol. The van der Waals surface area contributed by atoms with Crippen LogP contribution < -0.4 is 0 Å². The molecule has 3 unspecified atom stereocenters. The van der Waals surface area contributed by atoms with E-state index in [1.807, 2.05) is 13.8 Å². The second-order valence-corrected chi connectivity index (χ2v) is 24.6. The predicted molar refractivity (Wildman–Crippen MR) is 247 cm³/mol. The van der Waals surface area contributed by atoms with Gasteiger partial charge in [0.1, 0.15) is 17.8 Å². The zero-order chi connectivity index (χ0) is 61.6. The quantitative estimate of drug-likeness (QED) is 0.0881. The number of halogens is 18. The average molecular weight is 1190 g/mol. The van der Waals surface area contributed by atoms with Gasteiger partial charge in [0.15, 0.2) is 0 Å². The molecule has 0 spiro atoms. The van der Waals surface area contributed by atoms with Crippen LogP contribution >= 0.6 is 0 Å². The lowest BCUT2D eigenvalue weighted by atomic mass is 9.50. The third kappa shape index (κ3) is 14.9. The van der Waals surface area contributed by atoms with E-state index in [2.05, 4.69) is 13.8 Å². The molecule has 9 nitrogen and oxygen atoms in total. The van der Waals surface area contributed by atoms with Gasteiger partial charge in [0.25, 0.3) is 16.8 Å². The highest BCUT2D eigenvalue weighted by molar-refractivity contribution is 5.77. The highest BCUT2D eigenvalue weighted by Gasteiger charge is 2.79. The van der Waals surface area contributed by atoms with Crippen LogP contribution in [0.25, 0.3) is 0 Å². The van der Waals surface area contributed by atoms with E-state index >= 15 is 0 Å². The van der Waals surface area contributed by atoms with E-state index in [0.717, 1.165) is 24.7 Å². The molecule has 0 amide bonds. The Bertz CT molecular complexity index is 1930. The fourth-order valence-corrected chi connectivity index (χ4v) is 11.5. The Kier molecular flexibility index (Phi) is 21.3. The molecule has 0 aromatic heterocycles. The number of ether oxygens (including phenoxy) is 3. The Morgan fingerprint density at radius 3 is 1.15 bits per heavy atom. The Morgan fingerprint density at radius 2 is 0.823 bits per heavy atom. The summed E-state index contributed by atoms with van der Waals surface area (Å²) in [6, 6.07) is 0. The summed E-state index contributed by atoms with van der Waals surface area (Å²) >= 11 is 0. The van der Waals surface area contributed by atoms with Crippen LogP contribution in [0.1, 0.15) is 178 Å². The maximum Gasteiger partial charge on any atom is 0.426 e. The number of esters is 3. The summed E-state index contributed by atoms with van der Waals surface area (Å²) in [6.45, 7) is 16.8. The zero-order valence-electron chi connectivity index (χ0n) is 45.8. The molecule has 6 aliphatic rings. The van der Waals surface area contributed by atoms with Crippen molar-refractivity contribution < 1.29 is 123 Å². The van der Waals surface area contributed by atoms with Crippen LogP contribution in [-0.4, -0.2) is 105 Å². The number of rotatable bonds is 14. The van der Waals surface area contributed by atoms with Gasteiger partial charge < -0.3 is 29.5 Å². The Morgan fingerprint density at radius 1 is 0.481 bits per heavy atom. The molecule has 0 aliphatic heterocycles. The maximum atomic E-state index is 13.3. The van der Waals surface area contributed by atoms with Crippen LogP contribution in [-0.2, 0) is 28.6 Å². The molecule has 3 N–H and O–H groups in total. The lowest BCUT2D eigenvalue weighted by Gasteiger charge is -2.59. The zero-order valence-corrected chi connectivity index (χ0v) is 45.8. The molecule has 0 heterocycles. The smallest absolute Gasteiger partial charge is 0.426 e. The second-order valence-electron chi connectivity index (χ2n) is 24.6. The third-order valence-electron chi connectivity index (χ3n) is 18.1. The fraction of sp³-hybridized carbons (Fsp3) is 0.942. The van der Waals surface area contributed by atoms with Crippen molar-refractivity contribution in [2.45, 2.75) is 250 Å². The Hall–Kier alpha value is -2.97. The highest BCUT2D eigenvalue weighted by atomic mass is 19.4. The van der Waals surface area contributed by atoms with Gasteiger partial charge in [-0.1, -0.05) is 40.0 Å². The lowest BCUT2D eigenvalue weighted by Crippen LogP contribution is -2.67. The van der Waals surface area contributed by atoms with E-state index in [9.17, 15) is 109 Å². The summed E-state index contributed by atoms with van der Waals surface area (Å²) in [4.78, 5) is 37.0. The van der Waals surface area contributed by atoms with Gasteiger partial charge in [-0.2, -0.15) is 79.0 Å². The lowest BCUT2D eigenvalue weighted by molar-refractivity contribution is -0.405. The van der Waals surface area contributed by atoms with E-state index in [4.69, 9.17) is 14.2 Å². The first-order valence-corrected chi connectivity index (χ1v) is 26.5. The van der Waals surface area contributed by atoms with Crippen LogP contribution in [0.3, 0.4) is 0 Å². The Balaban J connectivity index is 0.000000323. The van der Waals surface area contributed by atoms with Crippen molar-refractivity contribution >= 4 is 17.9 Å². The van der Waals surface area contributed by atoms with E-state index in [1.165, 1.54) is 66.7 Å². The maximum absolute atomic E-state index is 13.3. The topological polar surface area (TPSA) is 140 Å². The summed E-state index contributed by atoms with van der Waals surface area (Å²) in [6.07, 6.45) is -38.7. The van der Waals surface area contributed by atoms with Crippen molar-refractivity contribution in [3.05, 3.63) is 0 Å². The van der Waals surface area contributed by atoms with Crippen LogP contribution in [0.15, 0.2) is 0 Å². The molecule has 6 fully saturated rings. The first-order valence-electron chi connectivity index (χ1n) is 26.5. The number of carbonyl (C=O) groups excluding carboxylic acids is 3. The van der Waals surface area contributed by atoms with Gasteiger partial charge in [0.2, 0.25) is 0 Å². The van der Waals surface area contributed by atoms with Gasteiger partial charge in [-0.25, -0.2) is 0 Å². The summed E-state index contributed by atoms with van der Waals surface area (Å²) in [5.41, 5.74) is -19.4. The molecule has 79 heavy (non-hydrogen) atoms. The van der Waals surface area contributed by atoms with Crippen molar-refractivity contribution in [2.24, 2.45) is 57.7 Å². The normalized spacial score (nSPS) is 27.5. The molecule has 6 saturated carbocycles. The molecule has 4 bridgehead atoms. The average Bonchev–Trinajstić information content (AvgIpc) is 3.30. The van der Waals surface area contributed by atoms with Crippen LogP contribution in [0, 0.1) is 57.7 Å². The van der Waals surface area contributed by atoms with E-state index in [1.54, 1.807) is 6.92 Å².